The zero-order chi connectivity index (χ0) is 19.7. The monoisotopic (exact) mass is 368 g/mol. The van der Waals surface area contributed by atoms with Gasteiger partial charge in [0.1, 0.15) is 0 Å². The summed E-state index contributed by atoms with van der Waals surface area (Å²) in [7, 11) is 1.43. The summed E-state index contributed by atoms with van der Waals surface area (Å²) in [6.07, 6.45) is 0. The Morgan fingerprint density at radius 2 is 1.81 bits per heavy atom. The largest absolute Gasteiger partial charge is 0.504 e. The Balaban J connectivity index is 1.83. The van der Waals surface area contributed by atoms with Crippen molar-refractivity contribution in [3.05, 3.63) is 53.1 Å². The van der Waals surface area contributed by atoms with Crippen LogP contribution in [0.15, 0.2) is 36.4 Å². The number of carbonyl (C=O) groups is 3. The summed E-state index contributed by atoms with van der Waals surface area (Å²) in [6.45, 7) is 4.18. The van der Waals surface area contributed by atoms with E-state index in [4.69, 9.17) is 4.74 Å². The Bertz CT molecular complexity index is 936. The number of fused-ring (bicyclic) bond motifs is 1. The fraction of sp³-hybridized carbons (Fsp3) is 0.250. The SMILES string of the molecule is COc1ccc(NC(=O)c2ccc3c(c2)C(=O)N(CC(C)C)C3=O)cc1O. The third kappa shape index (κ3) is 3.48. The molecule has 3 amide bonds. The Kier molecular flexibility index (Phi) is 4.85. The maximum Gasteiger partial charge on any atom is 0.261 e. The molecule has 0 radical (unpaired) electrons. The van der Waals surface area contributed by atoms with E-state index in [0.717, 1.165) is 0 Å². The minimum Gasteiger partial charge on any atom is -0.504 e. The molecule has 0 aliphatic carbocycles. The number of carbonyl (C=O) groups excluding carboxylic acids is 3. The molecule has 1 heterocycles. The second-order valence-corrected chi connectivity index (χ2v) is 6.72. The zero-order valence-corrected chi connectivity index (χ0v) is 15.3. The number of aromatic hydroxyl groups is 1. The molecule has 0 spiro atoms. The lowest BCUT2D eigenvalue weighted by Gasteiger charge is -2.15. The summed E-state index contributed by atoms with van der Waals surface area (Å²) in [5.74, 6) is -0.840. The molecule has 2 aromatic rings. The first-order chi connectivity index (χ1) is 12.8. The van der Waals surface area contributed by atoms with Crippen molar-refractivity contribution in [3.8, 4) is 11.5 Å². The summed E-state index contributed by atoms with van der Waals surface area (Å²) in [5.41, 5.74) is 1.16. The molecule has 7 nitrogen and oxygen atoms in total. The molecule has 0 saturated heterocycles. The van der Waals surface area contributed by atoms with E-state index in [-0.39, 0.29) is 34.6 Å². The number of benzene rings is 2. The van der Waals surface area contributed by atoms with Gasteiger partial charge in [-0.15, -0.1) is 0 Å². The van der Waals surface area contributed by atoms with Crippen molar-refractivity contribution in [1.29, 1.82) is 0 Å². The fourth-order valence-corrected chi connectivity index (χ4v) is 2.93. The number of nitrogens with zero attached hydrogens (tertiary/aromatic N) is 1. The number of methoxy groups -OCH3 is 1. The number of rotatable bonds is 5. The molecular weight excluding hydrogens is 348 g/mol. The van der Waals surface area contributed by atoms with Gasteiger partial charge in [-0.25, -0.2) is 0 Å². The fourth-order valence-electron chi connectivity index (χ4n) is 2.93. The van der Waals surface area contributed by atoms with Crippen LogP contribution >= 0.6 is 0 Å². The van der Waals surface area contributed by atoms with Gasteiger partial charge in [0.05, 0.1) is 18.2 Å². The van der Waals surface area contributed by atoms with Crippen LogP contribution in [0, 0.1) is 5.92 Å². The number of imide groups is 1. The second kappa shape index (κ2) is 7.11. The number of phenolic OH excluding ortho intramolecular Hbond substituents is 1. The summed E-state index contributed by atoms with van der Waals surface area (Å²) in [5, 5.41) is 12.4. The van der Waals surface area contributed by atoms with E-state index >= 15 is 0 Å². The van der Waals surface area contributed by atoms with E-state index in [1.807, 2.05) is 13.8 Å². The van der Waals surface area contributed by atoms with Gasteiger partial charge in [-0.2, -0.15) is 0 Å². The lowest BCUT2D eigenvalue weighted by Crippen LogP contribution is -2.33. The van der Waals surface area contributed by atoms with Crippen LogP contribution in [0.3, 0.4) is 0 Å². The van der Waals surface area contributed by atoms with Crippen LogP contribution in [0.25, 0.3) is 0 Å². The van der Waals surface area contributed by atoms with Crippen molar-refractivity contribution in [3.63, 3.8) is 0 Å². The van der Waals surface area contributed by atoms with E-state index in [1.165, 1.54) is 42.3 Å². The third-order valence-electron chi connectivity index (χ3n) is 4.22. The van der Waals surface area contributed by atoms with Crippen molar-refractivity contribution in [2.45, 2.75) is 13.8 Å². The lowest BCUT2D eigenvalue weighted by atomic mass is 10.1. The first-order valence-corrected chi connectivity index (χ1v) is 8.50. The van der Waals surface area contributed by atoms with Crippen LogP contribution in [0.1, 0.15) is 44.9 Å². The predicted octanol–water partition coefficient (Wildman–Crippen LogP) is 2.91. The maximum atomic E-state index is 12.5. The number of hydrogen-bond acceptors (Lipinski definition) is 5. The molecule has 1 aliphatic heterocycles. The van der Waals surface area contributed by atoms with Crippen LogP contribution in [0.4, 0.5) is 5.69 Å². The van der Waals surface area contributed by atoms with Crippen LogP contribution in [0.2, 0.25) is 0 Å². The standard InChI is InChI=1S/C20H20N2O5/c1-11(2)10-22-19(25)14-6-4-12(8-15(14)20(22)26)18(24)21-13-5-7-17(27-3)16(23)9-13/h4-9,11,23H,10H2,1-3H3,(H,21,24). The molecule has 140 valence electrons. The van der Waals surface area contributed by atoms with Gasteiger partial charge in [-0.3, -0.25) is 19.3 Å². The predicted molar refractivity (Wildman–Crippen MR) is 99.3 cm³/mol. The summed E-state index contributed by atoms with van der Waals surface area (Å²) < 4.78 is 4.96. The summed E-state index contributed by atoms with van der Waals surface area (Å²) in [6, 6.07) is 8.90. The average Bonchev–Trinajstić information content (AvgIpc) is 2.86. The Morgan fingerprint density at radius 1 is 1.11 bits per heavy atom. The second-order valence-electron chi connectivity index (χ2n) is 6.72. The van der Waals surface area contributed by atoms with Crippen molar-refractivity contribution >= 4 is 23.4 Å². The topological polar surface area (TPSA) is 95.9 Å². The number of phenols is 1. The highest BCUT2D eigenvalue weighted by atomic mass is 16.5. The Hall–Kier alpha value is -3.35. The molecule has 0 fully saturated rings. The van der Waals surface area contributed by atoms with Crippen molar-refractivity contribution < 1.29 is 24.2 Å². The van der Waals surface area contributed by atoms with Gasteiger partial charge >= 0.3 is 0 Å². The molecule has 3 rings (SSSR count). The molecule has 0 saturated carbocycles. The number of hydrogen-bond donors (Lipinski definition) is 2. The highest BCUT2D eigenvalue weighted by molar-refractivity contribution is 6.22. The molecule has 0 aromatic heterocycles. The molecule has 2 aromatic carbocycles. The van der Waals surface area contributed by atoms with Gasteiger partial charge in [0.2, 0.25) is 0 Å². The van der Waals surface area contributed by atoms with Crippen molar-refractivity contribution in [2.75, 3.05) is 19.0 Å². The molecule has 0 atom stereocenters. The molecule has 2 N–H and O–H groups in total. The van der Waals surface area contributed by atoms with Gasteiger partial charge in [-0.05, 0) is 36.2 Å². The van der Waals surface area contributed by atoms with Crippen LogP contribution in [-0.2, 0) is 0 Å². The van der Waals surface area contributed by atoms with Crippen LogP contribution in [-0.4, -0.2) is 41.4 Å². The average molecular weight is 368 g/mol. The zero-order valence-electron chi connectivity index (χ0n) is 15.3. The molecule has 0 unspecified atom stereocenters. The number of amides is 3. The van der Waals surface area contributed by atoms with Crippen LogP contribution in [0.5, 0.6) is 11.5 Å². The van der Waals surface area contributed by atoms with Crippen molar-refractivity contribution in [1.82, 2.24) is 4.90 Å². The molecule has 1 aliphatic rings. The van der Waals surface area contributed by atoms with Gasteiger partial charge < -0.3 is 15.2 Å². The van der Waals surface area contributed by atoms with E-state index in [1.54, 1.807) is 6.07 Å². The minimum atomic E-state index is -0.454. The van der Waals surface area contributed by atoms with E-state index in [9.17, 15) is 19.5 Å². The Labute approximate surface area is 156 Å². The normalized spacial score (nSPS) is 13.1. The van der Waals surface area contributed by atoms with E-state index in [0.29, 0.717) is 23.5 Å². The van der Waals surface area contributed by atoms with Crippen LogP contribution < -0.4 is 10.1 Å². The smallest absolute Gasteiger partial charge is 0.261 e. The van der Waals surface area contributed by atoms with E-state index in [2.05, 4.69) is 5.32 Å². The highest BCUT2D eigenvalue weighted by Gasteiger charge is 2.36. The number of nitrogens with one attached hydrogen (secondary N) is 1. The van der Waals surface area contributed by atoms with Gasteiger partial charge in [-0.1, -0.05) is 13.8 Å². The minimum absolute atomic E-state index is 0.102. The van der Waals surface area contributed by atoms with Gasteiger partial charge in [0, 0.05) is 23.9 Å². The molecule has 7 heteroatoms. The quantitative estimate of drug-likeness (QED) is 0.791. The number of ether oxygens (including phenoxy) is 1. The summed E-state index contributed by atoms with van der Waals surface area (Å²) >= 11 is 0. The Morgan fingerprint density at radius 3 is 2.44 bits per heavy atom. The maximum absolute atomic E-state index is 12.5. The molecule has 27 heavy (non-hydrogen) atoms. The van der Waals surface area contributed by atoms with Gasteiger partial charge in [0.15, 0.2) is 11.5 Å². The van der Waals surface area contributed by atoms with E-state index < -0.39 is 5.91 Å². The first kappa shape index (κ1) is 18.4. The highest BCUT2D eigenvalue weighted by Crippen LogP contribution is 2.29. The molecular formula is C20H20N2O5. The third-order valence-corrected chi connectivity index (χ3v) is 4.22. The lowest BCUT2D eigenvalue weighted by molar-refractivity contribution is 0.0636. The van der Waals surface area contributed by atoms with Gasteiger partial charge in [0.25, 0.3) is 17.7 Å². The first-order valence-electron chi connectivity index (χ1n) is 8.50. The molecule has 0 bridgehead atoms. The van der Waals surface area contributed by atoms with Crippen molar-refractivity contribution in [2.24, 2.45) is 5.92 Å². The summed E-state index contributed by atoms with van der Waals surface area (Å²) in [4.78, 5) is 38.6. The number of anilines is 1.